The van der Waals surface area contributed by atoms with E-state index in [1.165, 1.54) is 7.05 Å². The molecule has 11 heavy (non-hydrogen) atoms. The summed E-state index contributed by atoms with van der Waals surface area (Å²) in [6.45, 7) is 0. The maximum Gasteiger partial charge on any atom is 0.437 e. The van der Waals surface area contributed by atoms with Crippen LogP contribution < -0.4 is 0 Å². The molecule has 1 rings (SSSR count). The summed E-state index contributed by atoms with van der Waals surface area (Å²) >= 11 is 1.54. The Morgan fingerprint density at radius 2 is 2.00 bits per heavy atom. The molecule has 0 fully saturated rings. The molecule has 0 atom stereocenters. The van der Waals surface area contributed by atoms with Gasteiger partial charge >= 0.3 is 6.18 Å². The van der Waals surface area contributed by atoms with Gasteiger partial charge < -0.3 is 0 Å². The number of aryl methyl sites for hydroxylation is 1. The van der Waals surface area contributed by atoms with E-state index in [4.69, 9.17) is 0 Å². The predicted molar refractivity (Wildman–Crippen MR) is 38.7 cm³/mol. The van der Waals surface area contributed by atoms with Gasteiger partial charge in [0.15, 0.2) is 5.69 Å². The molecule has 0 radical (unpaired) electrons. The molecular weight excluding hydrogens is 274 g/mol. The number of nitrogens with zero attached hydrogens (tertiary/aromatic N) is 3. The standard InChI is InChI=1S/C4H3F3IN3/c1-11-3(8)2(9-10-11)4(5,6)7/h1H3. The first-order valence-corrected chi connectivity index (χ1v) is 3.63. The fourth-order valence-corrected chi connectivity index (χ4v) is 1.03. The van der Waals surface area contributed by atoms with Crippen molar-refractivity contribution in [1.29, 1.82) is 0 Å². The van der Waals surface area contributed by atoms with Crippen molar-refractivity contribution in [2.45, 2.75) is 6.18 Å². The van der Waals surface area contributed by atoms with Gasteiger partial charge in [0, 0.05) is 7.05 Å². The Balaban J connectivity index is 3.15. The molecule has 0 aliphatic rings. The third kappa shape index (κ3) is 1.63. The van der Waals surface area contributed by atoms with Gasteiger partial charge in [0.05, 0.1) is 0 Å². The molecule has 0 spiro atoms. The molecule has 1 aromatic heterocycles. The Hall–Kier alpha value is -0.340. The molecule has 0 aliphatic carbocycles. The van der Waals surface area contributed by atoms with Gasteiger partial charge in [0.25, 0.3) is 0 Å². The Labute approximate surface area is 73.7 Å². The lowest BCUT2D eigenvalue weighted by Crippen LogP contribution is -2.08. The lowest BCUT2D eigenvalue weighted by molar-refractivity contribution is -0.142. The van der Waals surface area contributed by atoms with Crippen LogP contribution in [0.2, 0.25) is 0 Å². The smallest absolute Gasteiger partial charge is 0.242 e. The summed E-state index contributed by atoms with van der Waals surface area (Å²) in [5.74, 6) is 0. The molecule has 0 bridgehead atoms. The van der Waals surface area contributed by atoms with E-state index < -0.39 is 11.9 Å². The lowest BCUT2D eigenvalue weighted by Gasteiger charge is -2.00. The van der Waals surface area contributed by atoms with Crippen LogP contribution in [0, 0.1) is 3.70 Å². The van der Waals surface area contributed by atoms with Crippen LogP contribution >= 0.6 is 22.6 Å². The Kier molecular flexibility index (Phi) is 2.08. The van der Waals surface area contributed by atoms with Crippen molar-refractivity contribution in [3.63, 3.8) is 0 Å². The third-order valence-corrected chi connectivity index (χ3v) is 2.24. The highest BCUT2D eigenvalue weighted by atomic mass is 127. The zero-order valence-electron chi connectivity index (χ0n) is 5.35. The lowest BCUT2D eigenvalue weighted by atomic mass is 10.5. The molecule has 0 saturated heterocycles. The molecule has 0 unspecified atom stereocenters. The first-order chi connectivity index (χ1) is 4.93. The molecule has 7 heteroatoms. The van der Waals surface area contributed by atoms with Crippen LogP contribution in [0.3, 0.4) is 0 Å². The highest BCUT2D eigenvalue weighted by molar-refractivity contribution is 14.1. The van der Waals surface area contributed by atoms with E-state index in [-0.39, 0.29) is 3.70 Å². The quantitative estimate of drug-likeness (QED) is 0.672. The molecule has 1 heterocycles. The summed E-state index contributed by atoms with van der Waals surface area (Å²) in [6, 6.07) is 0. The van der Waals surface area contributed by atoms with Crippen molar-refractivity contribution in [1.82, 2.24) is 15.0 Å². The number of halogens is 4. The van der Waals surface area contributed by atoms with Gasteiger partial charge in [0.2, 0.25) is 0 Å². The summed E-state index contributed by atoms with van der Waals surface area (Å²) in [4.78, 5) is 0. The normalized spacial score (nSPS) is 12.1. The van der Waals surface area contributed by atoms with Crippen LogP contribution in [0.15, 0.2) is 0 Å². The molecule has 0 saturated carbocycles. The van der Waals surface area contributed by atoms with Gasteiger partial charge in [-0.15, -0.1) is 5.10 Å². The Bertz CT molecular complexity index is 266. The van der Waals surface area contributed by atoms with Gasteiger partial charge in [-0.1, -0.05) is 5.21 Å². The SMILES string of the molecule is Cn1nnc(C(F)(F)F)c1I. The Morgan fingerprint density at radius 1 is 1.45 bits per heavy atom. The molecule has 62 valence electrons. The van der Waals surface area contributed by atoms with E-state index in [0.29, 0.717) is 0 Å². The minimum Gasteiger partial charge on any atom is -0.242 e. The Morgan fingerprint density at radius 3 is 2.18 bits per heavy atom. The summed E-state index contributed by atoms with van der Waals surface area (Å²) in [5.41, 5.74) is -0.930. The van der Waals surface area contributed by atoms with Crippen LogP contribution in [-0.4, -0.2) is 15.0 Å². The minimum atomic E-state index is -4.40. The average Bonchev–Trinajstić information content (AvgIpc) is 2.11. The maximum atomic E-state index is 11.9. The monoisotopic (exact) mass is 277 g/mol. The van der Waals surface area contributed by atoms with Crippen molar-refractivity contribution in [2.75, 3.05) is 0 Å². The van der Waals surface area contributed by atoms with Gasteiger partial charge in [0.1, 0.15) is 3.70 Å². The van der Waals surface area contributed by atoms with Crippen molar-refractivity contribution >= 4 is 22.6 Å². The topological polar surface area (TPSA) is 30.7 Å². The molecule has 0 N–H and O–H groups in total. The second kappa shape index (κ2) is 2.61. The number of rotatable bonds is 0. The summed E-state index contributed by atoms with van der Waals surface area (Å²) in [7, 11) is 1.41. The van der Waals surface area contributed by atoms with Crippen LogP contribution in [0.4, 0.5) is 13.2 Å². The fraction of sp³-hybridized carbons (Fsp3) is 0.500. The summed E-state index contributed by atoms with van der Waals surface area (Å²) < 4.78 is 36.9. The highest BCUT2D eigenvalue weighted by Crippen LogP contribution is 2.30. The van der Waals surface area contributed by atoms with E-state index >= 15 is 0 Å². The zero-order chi connectivity index (χ0) is 8.65. The van der Waals surface area contributed by atoms with Crippen LogP contribution in [-0.2, 0) is 13.2 Å². The van der Waals surface area contributed by atoms with Crippen molar-refractivity contribution in [2.24, 2.45) is 7.05 Å². The molecule has 0 aromatic carbocycles. The maximum absolute atomic E-state index is 11.9. The third-order valence-electron chi connectivity index (χ3n) is 1.03. The van der Waals surface area contributed by atoms with E-state index in [2.05, 4.69) is 10.3 Å². The van der Waals surface area contributed by atoms with Crippen LogP contribution in [0.1, 0.15) is 5.69 Å². The second-order valence-corrected chi connectivity index (χ2v) is 2.87. The van der Waals surface area contributed by atoms with Crippen molar-refractivity contribution in [3.05, 3.63) is 9.39 Å². The zero-order valence-corrected chi connectivity index (χ0v) is 7.51. The number of hydrogen-bond acceptors (Lipinski definition) is 2. The number of hydrogen-bond donors (Lipinski definition) is 0. The molecule has 3 nitrogen and oxygen atoms in total. The van der Waals surface area contributed by atoms with Gasteiger partial charge in [-0.25, -0.2) is 4.68 Å². The number of alkyl halides is 3. The fourth-order valence-electron chi connectivity index (χ4n) is 0.519. The largest absolute Gasteiger partial charge is 0.437 e. The van der Waals surface area contributed by atoms with E-state index in [0.717, 1.165) is 4.68 Å². The molecule has 1 aromatic rings. The number of aromatic nitrogens is 3. The average molecular weight is 277 g/mol. The minimum absolute atomic E-state index is 0.00454. The first-order valence-electron chi connectivity index (χ1n) is 2.55. The summed E-state index contributed by atoms with van der Waals surface area (Å²) in [6.07, 6.45) is -4.40. The van der Waals surface area contributed by atoms with Crippen LogP contribution in [0.25, 0.3) is 0 Å². The van der Waals surface area contributed by atoms with E-state index in [9.17, 15) is 13.2 Å². The molecule has 0 amide bonds. The van der Waals surface area contributed by atoms with Crippen LogP contribution in [0.5, 0.6) is 0 Å². The predicted octanol–water partition coefficient (Wildman–Crippen LogP) is 1.44. The van der Waals surface area contributed by atoms with E-state index in [1.54, 1.807) is 22.6 Å². The van der Waals surface area contributed by atoms with E-state index in [1.807, 2.05) is 0 Å². The van der Waals surface area contributed by atoms with Crippen molar-refractivity contribution < 1.29 is 13.2 Å². The summed E-state index contributed by atoms with van der Waals surface area (Å²) in [5, 5.41) is 6.19. The van der Waals surface area contributed by atoms with Crippen molar-refractivity contribution in [3.8, 4) is 0 Å². The van der Waals surface area contributed by atoms with Gasteiger partial charge in [-0.2, -0.15) is 13.2 Å². The highest BCUT2D eigenvalue weighted by Gasteiger charge is 2.37. The van der Waals surface area contributed by atoms with Gasteiger partial charge in [-0.3, -0.25) is 0 Å². The molecule has 0 aliphatic heterocycles. The second-order valence-electron chi connectivity index (χ2n) is 1.85. The van der Waals surface area contributed by atoms with Gasteiger partial charge in [-0.05, 0) is 22.6 Å². The molecular formula is C4H3F3IN3. The first kappa shape index (κ1) is 8.75.